The first-order valence-electron chi connectivity index (χ1n) is 7.44. The minimum absolute atomic E-state index is 0.361. The van der Waals surface area contributed by atoms with Gasteiger partial charge in [0.15, 0.2) is 0 Å². The van der Waals surface area contributed by atoms with E-state index in [9.17, 15) is 5.11 Å². The molecule has 1 fully saturated rings. The monoisotopic (exact) mass is 274 g/mol. The van der Waals surface area contributed by atoms with Gasteiger partial charge < -0.3 is 24.8 Å². The van der Waals surface area contributed by atoms with Gasteiger partial charge in [0.05, 0.1) is 19.3 Å². The Hall–Kier alpha value is -0.200. The third-order valence-corrected chi connectivity index (χ3v) is 3.50. The first kappa shape index (κ1) is 16.9. The third-order valence-electron chi connectivity index (χ3n) is 3.50. The number of nitrogens with one attached hydrogen (secondary N) is 1. The van der Waals surface area contributed by atoms with Crippen LogP contribution < -0.4 is 5.32 Å². The molecule has 114 valence electrons. The van der Waals surface area contributed by atoms with Gasteiger partial charge in [-0.2, -0.15) is 0 Å². The van der Waals surface area contributed by atoms with Gasteiger partial charge in [-0.05, 0) is 38.8 Å². The van der Waals surface area contributed by atoms with Gasteiger partial charge in [0.25, 0.3) is 0 Å². The van der Waals surface area contributed by atoms with E-state index in [1.54, 1.807) is 7.11 Å². The van der Waals surface area contributed by atoms with E-state index < -0.39 is 0 Å². The van der Waals surface area contributed by atoms with Crippen molar-refractivity contribution in [1.82, 2.24) is 10.2 Å². The van der Waals surface area contributed by atoms with Crippen LogP contribution in [0, 0.1) is 5.92 Å². The number of ether oxygens (including phenoxy) is 2. The van der Waals surface area contributed by atoms with Gasteiger partial charge in [-0.1, -0.05) is 0 Å². The van der Waals surface area contributed by atoms with Crippen molar-refractivity contribution >= 4 is 0 Å². The van der Waals surface area contributed by atoms with Crippen LogP contribution in [0.4, 0.5) is 0 Å². The Labute approximate surface area is 117 Å². The molecule has 0 amide bonds. The van der Waals surface area contributed by atoms with E-state index in [0.29, 0.717) is 19.1 Å². The average molecular weight is 274 g/mol. The summed E-state index contributed by atoms with van der Waals surface area (Å²) in [5.41, 5.74) is 0. The Morgan fingerprint density at radius 2 is 2.32 bits per heavy atom. The second-order valence-electron chi connectivity index (χ2n) is 5.28. The van der Waals surface area contributed by atoms with Crippen molar-refractivity contribution < 1.29 is 14.6 Å². The Bertz CT molecular complexity index is 217. The van der Waals surface area contributed by atoms with Crippen LogP contribution >= 0.6 is 0 Å². The minimum atomic E-state index is -0.361. The zero-order valence-corrected chi connectivity index (χ0v) is 12.4. The number of hydrogen-bond donors (Lipinski definition) is 2. The molecule has 1 rings (SSSR count). The second kappa shape index (κ2) is 10.6. The van der Waals surface area contributed by atoms with Gasteiger partial charge in [-0.3, -0.25) is 0 Å². The zero-order chi connectivity index (χ0) is 13.9. The highest BCUT2D eigenvalue weighted by Crippen LogP contribution is 2.15. The number of aliphatic hydroxyl groups is 1. The first-order valence-corrected chi connectivity index (χ1v) is 7.44. The summed E-state index contributed by atoms with van der Waals surface area (Å²) in [4.78, 5) is 2.36. The molecule has 1 aliphatic rings. The van der Waals surface area contributed by atoms with Crippen molar-refractivity contribution in [1.29, 1.82) is 0 Å². The van der Waals surface area contributed by atoms with Crippen molar-refractivity contribution in [3.8, 4) is 0 Å². The lowest BCUT2D eigenvalue weighted by molar-refractivity contribution is 0.0129. The number of nitrogens with zero attached hydrogens (tertiary/aromatic N) is 1. The molecule has 5 heteroatoms. The summed E-state index contributed by atoms with van der Waals surface area (Å²) in [5.74, 6) is 0.685. The van der Waals surface area contributed by atoms with Crippen LogP contribution in [0.1, 0.15) is 19.8 Å². The molecule has 19 heavy (non-hydrogen) atoms. The summed E-state index contributed by atoms with van der Waals surface area (Å²) in [6.07, 6.45) is 2.14. The fourth-order valence-electron chi connectivity index (χ4n) is 2.57. The maximum absolute atomic E-state index is 9.87. The van der Waals surface area contributed by atoms with Gasteiger partial charge in [0.2, 0.25) is 0 Å². The van der Waals surface area contributed by atoms with E-state index in [0.717, 1.165) is 39.3 Å². The highest BCUT2D eigenvalue weighted by atomic mass is 16.5. The maximum atomic E-state index is 9.87. The number of likely N-dealkylation sites (tertiary alicyclic amines) is 1. The summed E-state index contributed by atoms with van der Waals surface area (Å²) in [5, 5.41) is 13.3. The number of hydrogen-bond acceptors (Lipinski definition) is 5. The van der Waals surface area contributed by atoms with Crippen molar-refractivity contribution in [3.05, 3.63) is 0 Å². The molecule has 2 unspecified atom stereocenters. The molecule has 5 nitrogen and oxygen atoms in total. The molecular formula is C14H30N2O3. The molecule has 0 spiro atoms. The highest BCUT2D eigenvalue weighted by Gasteiger charge is 2.21. The lowest BCUT2D eigenvalue weighted by Gasteiger charge is -2.34. The van der Waals surface area contributed by atoms with Crippen LogP contribution in [0.2, 0.25) is 0 Å². The van der Waals surface area contributed by atoms with E-state index in [-0.39, 0.29) is 6.10 Å². The van der Waals surface area contributed by atoms with Crippen LogP contribution in [0.5, 0.6) is 0 Å². The van der Waals surface area contributed by atoms with Crippen LogP contribution in [-0.2, 0) is 9.47 Å². The summed E-state index contributed by atoms with van der Waals surface area (Å²) < 4.78 is 10.3. The molecule has 0 aromatic carbocycles. The van der Waals surface area contributed by atoms with Gasteiger partial charge >= 0.3 is 0 Å². The van der Waals surface area contributed by atoms with E-state index in [1.165, 1.54) is 12.8 Å². The predicted octanol–water partition coefficient (Wildman–Crippen LogP) is 0.332. The van der Waals surface area contributed by atoms with Crippen LogP contribution in [-0.4, -0.2) is 75.8 Å². The topological polar surface area (TPSA) is 54.0 Å². The summed E-state index contributed by atoms with van der Waals surface area (Å²) in [6, 6.07) is 0. The number of rotatable bonds is 10. The number of aliphatic hydroxyl groups excluding tert-OH is 1. The van der Waals surface area contributed by atoms with E-state index in [1.807, 2.05) is 6.92 Å². The molecule has 0 radical (unpaired) electrons. The minimum Gasteiger partial charge on any atom is -0.389 e. The standard InChI is InChI=1S/C14H30N2O3/c1-3-19-12-14(17)11-16-7-4-5-13(10-16)9-15-6-8-18-2/h13-15,17H,3-12H2,1-2H3. The van der Waals surface area contributed by atoms with Gasteiger partial charge in [-0.15, -0.1) is 0 Å². The molecule has 0 aromatic heterocycles. The Morgan fingerprint density at radius 1 is 1.47 bits per heavy atom. The molecule has 1 aliphatic heterocycles. The fraction of sp³-hybridized carbons (Fsp3) is 1.00. The predicted molar refractivity (Wildman–Crippen MR) is 76.4 cm³/mol. The van der Waals surface area contributed by atoms with Crippen molar-refractivity contribution in [3.63, 3.8) is 0 Å². The van der Waals surface area contributed by atoms with Crippen LogP contribution in [0.25, 0.3) is 0 Å². The summed E-state index contributed by atoms with van der Waals surface area (Å²) in [6.45, 7) is 8.70. The molecule has 1 saturated heterocycles. The quantitative estimate of drug-likeness (QED) is 0.562. The Kier molecular flexibility index (Phi) is 9.38. The van der Waals surface area contributed by atoms with Crippen LogP contribution in [0.3, 0.4) is 0 Å². The van der Waals surface area contributed by atoms with Gasteiger partial charge in [0.1, 0.15) is 0 Å². The van der Waals surface area contributed by atoms with E-state index in [4.69, 9.17) is 9.47 Å². The maximum Gasteiger partial charge on any atom is 0.0900 e. The lowest BCUT2D eigenvalue weighted by atomic mass is 9.97. The van der Waals surface area contributed by atoms with E-state index >= 15 is 0 Å². The summed E-state index contributed by atoms with van der Waals surface area (Å²) >= 11 is 0. The smallest absolute Gasteiger partial charge is 0.0900 e. The molecule has 0 aliphatic carbocycles. The molecule has 0 aromatic rings. The fourth-order valence-corrected chi connectivity index (χ4v) is 2.57. The average Bonchev–Trinajstić information content (AvgIpc) is 2.42. The third kappa shape index (κ3) is 7.84. The molecule has 2 atom stereocenters. The number of methoxy groups -OCH3 is 1. The Morgan fingerprint density at radius 3 is 3.05 bits per heavy atom. The number of β-amino-alcohol motifs (C(OH)–C–C–N with tert-alkyl or cyclic N) is 1. The van der Waals surface area contributed by atoms with Gasteiger partial charge in [-0.25, -0.2) is 0 Å². The highest BCUT2D eigenvalue weighted by molar-refractivity contribution is 4.76. The van der Waals surface area contributed by atoms with Crippen LogP contribution in [0.15, 0.2) is 0 Å². The SMILES string of the molecule is CCOCC(O)CN1CCCC(CNCCOC)C1. The van der Waals surface area contributed by atoms with E-state index in [2.05, 4.69) is 10.2 Å². The van der Waals surface area contributed by atoms with Crippen molar-refractivity contribution in [2.75, 3.05) is 59.7 Å². The largest absolute Gasteiger partial charge is 0.389 e. The summed E-state index contributed by atoms with van der Waals surface area (Å²) in [7, 11) is 1.73. The van der Waals surface area contributed by atoms with Gasteiger partial charge in [0, 0.05) is 33.4 Å². The molecule has 1 heterocycles. The van der Waals surface area contributed by atoms with Crippen molar-refractivity contribution in [2.24, 2.45) is 5.92 Å². The number of piperidine rings is 1. The zero-order valence-electron chi connectivity index (χ0n) is 12.4. The Balaban J connectivity index is 2.14. The lowest BCUT2D eigenvalue weighted by Crippen LogP contribution is -2.44. The normalized spacial score (nSPS) is 22.6. The molecule has 2 N–H and O–H groups in total. The molecule has 0 bridgehead atoms. The van der Waals surface area contributed by atoms with Crippen molar-refractivity contribution in [2.45, 2.75) is 25.9 Å². The molecular weight excluding hydrogens is 244 g/mol. The first-order chi connectivity index (χ1) is 9.26. The second-order valence-corrected chi connectivity index (χ2v) is 5.28. The molecule has 0 saturated carbocycles.